The molecule has 0 spiro atoms. The molecule has 0 fully saturated rings. The summed E-state index contributed by atoms with van der Waals surface area (Å²) in [5.74, 6) is -0.426. The number of nitrogens with zero attached hydrogens (tertiary/aromatic N) is 1. The van der Waals surface area contributed by atoms with Crippen LogP contribution in [0.2, 0.25) is 0 Å². The third kappa shape index (κ3) is 4.56. The molecule has 18 heavy (non-hydrogen) atoms. The molecule has 0 saturated carbocycles. The Morgan fingerprint density at radius 2 is 2.17 bits per heavy atom. The first-order valence-electron chi connectivity index (χ1n) is 5.79. The van der Waals surface area contributed by atoms with Crippen molar-refractivity contribution in [1.29, 1.82) is 5.26 Å². The van der Waals surface area contributed by atoms with Crippen LogP contribution in [0, 0.1) is 11.3 Å². The van der Waals surface area contributed by atoms with Gasteiger partial charge >= 0.3 is 5.97 Å². The molecule has 0 saturated heterocycles. The van der Waals surface area contributed by atoms with E-state index in [0.717, 1.165) is 5.56 Å². The summed E-state index contributed by atoms with van der Waals surface area (Å²) in [7, 11) is 0. The van der Waals surface area contributed by atoms with Crippen LogP contribution in [0.15, 0.2) is 24.3 Å². The number of hydrogen-bond acceptors (Lipinski definition) is 4. The average Bonchev–Trinajstić information content (AvgIpc) is 2.27. The maximum atomic E-state index is 11.7. The first kappa shape index (κ1) is 14.2. The van der Waals surface area contributed by atoms with Crippen molar-refractivity contribution in [2.45, 2.75) is 38.8 Å². The third-order valence-corrected chi connectivity index (χ3v) is 2.22. The molecule has 0 bridgehead atoms. The number of ether oxygens (including phenoxy) is 1. The van der Waals surface area contributed by atoms with Crippen molar-refractivity contribution in [1.82, 2.24) is 0 Å². The standard InChI is InChI=1S/C14H18N2O2/c1-14(2,3)18-13(17)12(16)8-10-5-4-6-11(7-10)9-15/h4-7,12H,8,16H2,1-3H3. The second kappa shape index (κ2) is 5.65. The van der Waals surface area contributed by atoms with E-state index in [0.29, 0.717) is 12.0 Å². The van der Waals surface area contributed by atoms with Crippen LogP contribution in [0.1, 0.15) is 31.9 Å². The van der Waals surface area contributed by atoms with Crippen LogP contribution >= 0.6 is 0 Å². The first-order chi connectivity index (χ1) is 8.31. The Hall–Kier alpha value is -1.86. The highest BCUT2D eigenvalue weighted by atomic mass is 16.6. The quantitative estimate of drug-likeness (QED) is 0.825. The molecule has 0 aromatic heterocycles. The minimum atomic E-state index is -0.710. The molecule has 2 N–H and O–H groups in total. The van der Waals surface area contributed by atoms with E-state index in [1.54, 1.807) is 39.0 Å². The summed E-state index contributed by atoms with van der Waals surface area (Å²) in [4.78, 5) is 11.7. The largest absolute Gasteiger partial charge is 0.459 e. The van der Waals surface area contributed by atoms with Gasteiger partial charge in [0.15, 0.2) is 0 Å². The smallest absolute Gasteiger partial charge is 0.323 e. The Labute approximate surface area is 107 Å². The average molecular weight is 246 g/mol. The van der Waals surface area contributed by atoms with Gasteiger partial charge in [0.25, 0.3) is 0 Å². The fraction of sp³-hybridized carbons (Fsp3) is 0.429. The third-order valence-electron chi connectivity index (χ3n) is 2.22. The summed E-state index contributed by atoms with van der Waals surface area (Å²) >= 11 is 0. The van der Waals surface area contributed by atoms with E-state index in [9.17, 15) is 4.79 Å². The van der Waals surface area contributed by atoms with Crippen LogP contribution < -0.4 is 5.73 Å². The van der Waals surface area contributed by atoms with E-state index in [-0.39, 0.29) is 0 Å². The van der Waals surface area contributed by atoms with E-state index in [2.05, 4.69) is 6.07 Å². The molecule has 0 aliphatic rings. The molecule has 0 aliphatic heterocycles. The molecule has 1 rings (SSSR count). The fourth-order valence-corrected chi connectivity index (χ4v) is 1.48. The number of esters is 1. The van der Waals surface area contributed by atoms with Crippen molar-refractivity contribution < 1.29 is 9.53 Å². The number of nitriles is 1. The fourth-order valence-electron chi connectivity index (χ4n) is 1.48. The van der Waals surface area contributed by atoms with Gasteiger partial charge in [-0.2, -0.15) is 5.26 Å². The molecule has 0 heterocycles. The van der Waals surface area contributed by atoms with Crippen LogP contribution in [0.5, 0.6) is 0 Å². The van der Waals surface area contributed by atoms with Gasteiger partial charge in [-0.3, -0.25) is 4.79 Å². The summed E-state index contributed by atoms with van der Waals surface area (Å²) < 4.78 is 5.20. The molecule has 1 atom stereocenters. The van der Waals surface area contributed by atoms with Crippen LogP contribution in [0.3, 0.4) is 0 Å². The molecule has 4 heteroatoms. The van der Waals surface area contributed by atoms with Crippen molar-refractivity contribution in [3.8, 4) is 6.07 Å². The van der Waals surface area contributed by atoms with Crippen LogP contribution in [0.4, 0.5) is 0 Å². The zero-order chi connectivity index (χ0) is 13.8. The molecule has 4 nitrogen and oxygen atoms in total. The molecular weight excluding hydrogens is 228 g/mol. The van der Waals surface area contributed by atoms with Gasteiger partial charge in [-0.25, -0.2) is 0 Å². The molecule has 96 valence electrons. The minimum Gasteiger partial charge on any atom is -0.459 e. The van der Waals surface area contributed by atoms with Gasteiger partial charge in [0, 0.05) is 0 Å². The number of rotatable bonds is 3. The normalized spacial score (nSPS) is 12.6. The van der Waals surface area contributed by atoms with Gasteiger partial charge in [-0.15, -0.1) is 0 Å². The summed E-state index contributed by atoms with van der Waals surface area (Å²) in [5, 5.41) is 8.79. The SMILES string of the molecule is CC(C)(C)OC(=O)C(N)Cc1cccc(C#N)c1. The Kier molecular flexibility index (Phi) is 4.46. The predicted molar refractivity (Wildman–Crippen MR) is 68.7 cm³/mol. The van der Waals surface area contributed by atoms with Crippen molar-refractivity contribution >= 4 is 5.97 Å². The van der Waals surface area contributed by atoms with E-state index in [1.807, 2.05) is 6.07 Å². The van der Waals surface area contributed by atoms with Gasteiger partial charge in [0.05, 0.1) is 11.6 Å². The van der Waals surface area contributed by atoms with Crippen molar-refractivity contribution in [3.63, 3.8) is 0 Å². The molecule has 0 aliphatic carbocycles. The zero-order valence-electron chi connectivity index (χ0n) is 10.9. The Balaban J connectivity index is 2.67. The Bertz CT molecular complexity index is 469. The molecule has 1 aromatic rings. The maximum absolute atomic E-state index is 11.7. The van der Waals surface area contributed by atoms with E-state index >= 15 is 0 Å². The Morgan fingerprint density at radius 1 is 1.50 bits per heavy atom. The van der Waals surface area contributed by atoms with Gasteiger partial charge in [-0.1, -0.05) is 12.1 Å². The highest BCUT2D eigenvalue weighted by molar-refractivity contribution is 5.76. The topological polar surface area (TPSA) is 76.1 Å². The number of carbonyl (C=O) groups excluding carboxylic acids is 1. The van der Waals surface area contributed by atoms with E-state index in [4.69, 9.17) is 15.7 Å². The number of carbonyl (C=O) groups is 1. The number of nitrogens with two attached hydrogens (primary N) is 1. The number of hydrogen-bond donors (Lipinski definition) is 1. The van der Waals surface area contributed by atoms with Gasteiger partial charge in [0.2, 0.25) is 0 Å². The maximum Gasteiger partial charge on any atom is 0.323 e. The van der Waals surface area contributed by atoms with Gasteiger partial charge in [0.1, 0.15) is 11.6 Å². The monoisotopic (exact) mass is 246 g/mol. The van der Waals surface area contributed by atoms with Crippen molar-refractivity contribution in [2.24, 2.45) is 5.73 Å². The van der Waals surface area contributed by atoms with Gasteiger partial charge < -0.3 is 10.5 Å². The second-order valence-electron chi connectivity index (χ2n) is 5.16. The van der Waals surface area contributed by atoms with Crippen molar-refractivity contribution in [3.05, 3.63) is 35.4 Å². The van der Waals surface area contributed by atoms with Crippen molar-refractivity contribution in [2.75, 3.05) is 0 Å². The summed E-state index contributed by atoms with van der Waals surface area (Å²) in [6.07, 6.45) is 0.366. The van der Waals surface area contributed by atoms with Crippen LogP contribution in [-0.4, -0.2) is 17.6 Å². The van der Waals surface area contributed by atoms with Crippen LogP contribution in [0.25, 0.3) is 0 Å². The lowest BCUT2D eigenvalue weighted by Gasteiger charge is -2.22. The van der Waals surface area contributed by atoms with Gasteiger partial charge in [-0.05, 0) is 44.9 Å². The molecule has 1 aromatic carbocycles. The number of benzene rings is 1. The highest BCUT2D eigenvalue weighted by Crippen LogP contribution is 2.11. The lowest BCUT2D eigenvalue weighted by molar-refractivity contribution is -0.156. The predicted octanol–water partition coefficient (Wildman–Crippen LogP) is 1.77. The Morgan fingerprint density at radius 3 is 2.72 bits per heavy atom. The lowest BCUT2D eigenvalue weighted by atomic mass is 10.0. The molecular formula is C14H18N2O2. The second-order valence-corrected chi connectivity index (χ2v) is 5.16. The molecule has 0 radical (unpaired) electrons. The molecule has 0 amide bonds. The lowest BCUT2D eigenvalue weighted by Crippen LogP contribution is -2.38. The molecule has 1 unspecified atom stereocenters. The first-order valence-corrected chi connectivity index (χ1v) is 5.79. The summed E-state index contributed by atoms with van der Waals surface area (Å²) in [5.41, 5.74) is 6.67. The van der Waals surface area contributed by atoms with E-state index in [1.165, 1.54) is 0 Å². The summed E-state index contributed by atoms with van der Waals surface area (Å²) in [6, 6.07) is 8.39. The zero-order valence-corrected chi connectivity index (χ0v) is 10.9. The summed E-state index contributed by atoms with van der Waals surface area (Å²) in [6.45, 7) is 5.40. The van der Waals surface area contributed by atoms with Crippen LogP contribution in [-0.2, 0) is 16.0 Å². The highest BCUT2D eigenvalue weighted by Gasteiger charge is 2.22. The minimum absolute atomic E-state index is 0.366. The van der Waals surface area contributed by atoms with E-state index < -0.39 is 17.6 Å².